The van der Waals surface area contributed by atoms with Crippen molar-refractivity contribution in [2.75, 3.05) is 18.2 Å². The summed E-state index contributed by atoms with van der Waals surface area (Å²) in [4.78, 5) is 28.9. The van der Waals surface area contributed by atoms with Crippen LogP contribution in [0.15, 0.2) is 59.8 Å². The number of para-hydroxylation sites is 2. The van der Waals surface area contributed by atoms with Gasteiger partial charge in [-0.3, -0.25) is 4.79 Å². The monoisotopic (exact) mass is 408 g/mol. The van der Waals surface area contributed by atoms with Crippen molar-refractivity contribution in [3.63, 3.8) is 0 Å². The van der Waals surface area contributed by atoms with Gasteiger partial charge in [-0.05, 0) is 37.1 Å². The van der Waals surface area contributed by atoms with Crippen molar-refractivity contribution in [3.05, 3.63) is 66.0 Å². The lowest BCUT2D eigenvalue weighted by atomic mass is 10.2. The van der Waals surface area contributed by atoms with Gasteiger partial charge in [-0.25, -0.2) is 14.5 Å². The van der Waals surface area contributed by atoms with Crippen LogP contribution in [0.4, 0.5) is 5.69 Å². The van der Waals surface area contributed by atoms with E-state index in [9.17, 15) is 9.59 Å². The maximum Gasteiger partial charge on any atom is 0.339 e. The number of esters is 1. The van der Waals surface area contributed by atoms with Gasteiger partial charge >= 0.3 is 5.97 Å². The van der Waals surface area contributed by atoms with Crippen LogP contribution in [0.2, 0.25) is 0 Å². The predicted octanol–water partition coefficient (Wildman–Crippen LogP) is 3.66. The normalized spacial score (nSPS) is 13.1. The number of hydrogen-bond acceptors (Lipinski definition) is 6. The second kappa shape index (κ2) is 8.48. The number of methoxy groups -OCH3 is 1. The molecular weight excluding hydrogens is 388 g/mol. The minimum atomic E-state index is -0.495. The van der Waals surface area contributed by atoms with Crippen molar-refractivity contribution >= 4 is 29.3 Å². The van der Waals surface area contributed by atoms with Crippen LogP contribution in [-0.4, -0.2) is 39.5 Å². The van der Waals surface area contributed by atoms with E-state index in [4.69, 9.17) is 4.74 Å². The number of carbonyl (C=O) groups excluding carboxylic acids is 2. The van der Waals surface area contributed by atoms with Crippen LogP contribution >= 0.6 is 11.8 Å². The fourth-order valence-corrected chi connectivity index (χ4v) is 3.56. The van der Waals surface area contributed by atoms with Crippen LogP contribution in [0.3, 0.4) is 0 Å². The Balaban J connectivity index is 1.45. The highest BCUT2D eigenvalue weighted by molar-refractivity contribution is 7.99. The number of ether oxygens (including phenoxy) is 1. The number of thioether (sulfide) groups is 1. The largest absolute Gasteiger partial charge is 0.465 e. The maximum absolute atomic E-state index is 12.4. The number of nitrogens with one attached hydrogen (secondary N) is 1. The maximum atomic E-state index is 12.4. The Labute approximate surface area is 172 Å². The molecule has 0 aliphatic heterocycles. The standard InChI is InChI=1S/C21H20N4O3S/c1-28-20(27)16-9-5-6-10-17(16)22-18(26)13-29-21-23-19(14-11-12-14)25(24-21)15-7-3-2-4-8-15/h2-10,14H,11-13H2,1H3,(H,22,26). The van der Waals surface area contributed by atoms with Gasteiger partial charge in [-0.1, -0.05) is 42.1 Å². The van der Waals surface area contributed by atoms with Gasteiger partial charge < -0.3 is 10.1 Å². The lowest BCUT2D eigenvalue weighted by Crippen LogP contribution is -2.17. The fraction of sp³-hybridized carbons (Fsp3) is 0.238. The van der Waals surface area contributed by atoms with E-state index < -0.39 is 5.97 Å². The Morgan fingerprint density at radius 3 is 2.59 bits per heavy atom. The van der Waals surface area contributed by atoms with Gasteiger partial charge in [-0.15, -0.1) is 5.10 Å². The summed E-state index contributed by atoms with van der Waals surface area (Å²) in [5.74, 6) is 0.771. The molecule has 0 saturated heterocycles. The molecule has 0 radical (unpaired) electrons. The van der Waals surface area contributed by atoms with E-state index in [2.05, 4.69) is 15.4 Å². The summed E-state index contributed by atoms with van der Waals surface area (Å²) >= 11 is 1.27. The first-order chi connectivity index (χ1) is 14.2. The van der Waals surface area contributed by atoms with Gasteiger partial charge in [0, 0.05) is 5.92 Å². The van der Waals surface area contributed by atoms with Crippen LogP contribution in [0.25, 0.3) is 5.69 Å². The molecule has 0 bridgehead atoms. The number of carbonyl (C=O) groups is 2. The molecule has 1 fully saturated rings. The number of rotatable bonds is 7. The van der Waals surface area contributed by atoms with Gasteiger partial charge in [0.2, 0.25) is 11.1 Å². The molecule has 1 aliphatic carbocycles. The molecule has 8 heteroatoms. The molecule has 1 N–H and O–H groups in total. The summed E-state index contributed by atoms with van der Waals surface area (Å²) in [6.07, 6.45) is 2.22. The van der Waals surface area contributed by atoms with Crippen LogP contribution in [-0.2, 0) is 9.53 Å². The summed E-state index contributed by atoms with van der Waals surface area (Å²) in [6.45, 7) is 0. The number of nitrogens with zero attached hydrogens (tertiary/aromatic N) is 3. The minimum Gasteiger partial charge on any atom is -0.465 e. The summed E-state index contributed by atoms with van der Waals surface area (Å²) in [7, 11) is 1.31. The average molecular weight is 408 g/mol. The third kappa shape index (κ3) is 4.48. The van der Waals surface area contributed by atoms with Crippen molar-refractivity contribution < 1.29 is 14.3 Å². The highest BCUT2D eigenvalue weighted by Gasteiger charge is 2.30. The molecule has 0 atom stereocenters. The first-order valence-corrected chi connectivity index (χ1v) is 10.3. The number of aromatic nitrogens is 3. The molecule has 1 aromatic heterocycles. The molecule has 29 heavy (non-hydrogen) atoms. The zero-order chi connectivity index (χ0) is 20.2. The molecule has 4 rings (SSSR count). The van der Waals surface area contributed by atoms with Crippen LogP contribution in [0.5, 0.6) is 0 Å². The lowest BCUT2D eigenvalue weighted by Gasteiger charge is -2.08. The molecule has 7 nitrogen and oxygen atoms in total. The van der Waals surface area contributed by atoms with Crippen molar-refractivity contribution in [1.29, 1.82) is 0 Å². The van der Waals surface area contributed by atoms with Crippen LogP contribution < -0.4 is 5.32 Å². The summed E-state index contributed by atoms with van der Waals surface area (Å²) in [5.41, 5.74) is 1.70. The van der Waals surface area contributed by atoms with E-state index in [1.54, 1.807) is 24.3 Å². The Morgan fingerprint density at radius 1 is 1.14 bits per heavy atom. The van der Waals surface area contributed by atoms with E-state index in [1.807, 2.05) is 35.0 Å². The quantitative estimate of drug-likeness (QED) is 0.474. The Kier molecular flexibility index (Phi) is 5.62. The van der Waals surface area contributed by atoms with E-state index >= 15 is 0 Å². The minimum absolute atomic E-state index is 0.137. The molecular formula is C21H20N4O3S. The number of hydrogen-bond donors (Lipinski definition) is 1. The molecule has 0 unspecified atom stereocenters. The van der Waals surface area contributed by atoms with Crippen LogP contribution in [0, 0.1) is 0 Å². The van der Waals surface area contributed by atoms with Crippen molar-refractivity contribution in [2.24, 2.45) is 0 Å². The third-order valence-corrected chi connectivity index (χ3v) is 5.33. The zero-order valence-corrected chi connectivity index (χ0v) is 16.7. The summed E-state index contributed by atoms with van der Waals surface area (Å²) in [6, 6.07) is 16.6. The van der Waals surface area contributed by atoms with Gasteiger partial charge in [0.05, 0.1) is 29.8 Å². The predicted molar refractivity (Wildman–Crippen MR) is 110 cm³/mol. The highest BCUT2D eigenvalue weighted by Crippen LogP contribution is 2.40. The van der Waals surface area contributed by atoms with E-state index in [1.165, 1.54) is 18.9 Å². The Bertz CT molecular complexity index is 1030. The van der Waals surface area contributed by atoms with E-state index in [-0.39, 0.29) is 11.7 Å². The number of amides is 1. The fourth-order valence-electron chi connectivity index (χ4n) is 2.93. The topological polar surface area (TPSA) is 86.1 Å². The van der Waals surface area contributed by atoms with Gasteiger partial charge in [0.25, 0.3) is 0 Å². The molecule has 1 saturated carbocycles. The Hall–Kier alpha value is -3.13. The molecule has 148 valence electrons. The van der Waals surface area contributed by atoms with Gasteiger partial charge in [0.15, 0.2) is 0 Å². The first-order valence-electron chi connectivity index (χ1n) is 9.28. The smallest absolute Gasteiger partial charge is 0.339 e. The Morgan fingerprint density at radius 2 is 1.86 bits per heavy atom. The molecule has 3 aromatic rings. The van der Waals surface area contributed by atoms with Crippen molar-refractivity contribution in [1.82, 2.24) is 14.8 Å². The molecule has 1 amide bonds. The molecule has 2 aromatic carbocycles. The first kappa shape index (κ1) is 19.2. The van der Waals surface area contributed by atoms with Gasteiger partial charge in [-0.2, -0.15) is 0 Å². The van der Waals surface area contributed by atoms with E-state index in [0.29, 0.717) is 22.3 Å². The second-order valence-corrected chi connectivity index (χ2v) is 7.59. The van der Waals surface area contributed by atoms with Crippen LogP contribution in [0.1, 0.15) is 34.9 Å². The molecule has 1 heterocycles. The highest BCUT2D eigenvalue weighted by atomic mass is 32.2. The zero-order valence-electron chi connectivity index (χ0n) is 15.9. The lowest BCUT2D eigenvalue weighted by molar-refractivity contribution is -0.113. The number of benzene rings is 2. The van der Waals surface area contributed by atoms with Crippen molar-refractivity contribution in [3.8, 4) is 5.69 Å². The van der Waals surface area contributed by atoms with Crippen molar-refractivity contribution in [2.45, 2.75) is 23.9 Å². The molecule has 0 spiro atoms. The molecule has 1 aliphatic rings. The second-order valence-electron chi connectivity index (χ2n) is 6.65. The van der Waals surface area contributed by atoms with Gasteiger partial charge in [0.1, 0.15) is 5.82 Å². The summed E-state index contributed by atoms with van der Waals surface area (Å²) in [5, 5.41) is 7.92. The number of anilines is 1. The summed E-state index contributed by atoms with van der Waals surface area (Å²) < 4.78 is 6.62. The SMILES string of the molecule is COC(=O)c1ccccc1NC(=O)CSc1nc(C2CC2)n(-c2ccccc2)n1. The average Bonchev–Trinajstić information content (AvgIpc) is 3.52. The third-order valence-electron chi connectivity index (χ3n) is 4.49. The van der Waals surface area contributed by atoms with E-state index in [0.717, 1.165) is 24.4 Å².